The number of fused-ring (bicyclic) bond motifs is 1. The van der Waals surface area contributed by atoms with Gasteiger partial charge in [0.05, 0.1) is 6.54 Å². The average molecular weight is 292 g/mol. The molecule has 0 aliphatic carbocycles. The maximum atomic E-state index is 10.8. The van der Waals surface area contributed by atoms with Gasteiger partial charge in [-0.1, -0.05) is 0 Å². The van der Waals surface area contributed by atoms with Gasteiger partial charge in [-0.25, -0.2) is 0 Å². The lowest BCUT2D eigenvalue weighted by atomic mass is 10.1. The monoisotopic (exact) mass is 292 g/mol. The standard InChI is InChI=1S/C16H24N2O3/c1-12-8-17-7-3-4-14(17)9-18(12)10-15-5-6-16(21-15)11-20-13(2)19/h5-6,12,14H,3-4,7-11H2,1-2H3/t12-,14?/m0/s1. The lowest BCUT2D eigenvalue weighted by Crippen LogP contribution is -2.54. The first kappa shape index (κ1) is 14.6. The van der Waals surface area contributed by atoms with Crippen molar-refractivity contribution in [2.45, 2.75) is 51.9 Å². The lowest BCUT2D eigenvalue weighted by Gasteiger charge is -2.41. The van der Waals surface area contributed by atoms with Crippen LogP contribution in [-0.4, -0.2) is 47.5 Å². The zero-order valence-electron chi connectivity index (χ0n) is 12.9. The fourth-order valence-corrected chi connectivity index (χ4v) is 3.43. The number of furan rings is 1. The summed E-state index contributed by atoms with van der Waals surface area (Å²) in [5.41, 5.74) is 0. The molecule has 2 aliphatic rings. The van der Waals surface area contributed by atoms with Crippen molar-refractivity contribution in [2.75, 3.05) is 19.6 Å². The summed E-state index contributed by atoms with van der Waals surface area (Å²) >= 11 is 0. The minimum atomic E-state index is -0.279. The van der Waals surface area contributed by atoms with Gasteiger partial charge in [0, 0.05) is 32.1 Å². The van der Waals surface area contributed by atoms with E-state index in [1.54, 1.807) is 0 Å². The van der Waals surface area contributed by atoms with E-state index in [-0.39, 0.29) is 12.6 Å². The highest BCUT2D eigenvalue weighted by molar-refractivity contribution is 5.65. The van der Waals surface area contributed by atoms with E-state index in [1.165, 1.54) is 26.3 Å². The number of rotatable bonds is 4. The van der Waals surface area contributed by atoms with E-state index in [9.17, 15) is 4.79 Å². The van der Waals surface area contributed by atoms with Crippen molar-refractivity contribution in [2.24, 2.45) is 0 Å². The highest BCUT2D eigenvalue weighted by Gasteiger charge is 2.34. The Balaban J connectivity index is 1.57. The summed E-state index contributed by atoms with van der Waals surface area (Å²) in [5, 5.41) is 0. The first-order valence-corrected chi connectivity index (χ1v) is 7.81. The van der Waals surface area contributed by atoms with Gasteiger partial charge >= 0.3 is 5.97 Å². The van der Waals surface area contributed by atoms with Crippen molar-refractivity contribution in [3.63, 3.8) is 0 Å². The quantitative estimate of drug-likeness (QED) is 0.794. The van der Waals surface area contributed by atoms with Crippen LogP contribution in [0.25, 0.3) is 0 Å². The third-order valence-corrected chi connectivity index (χ3v) is 4.56. The molecular formula is C16H24N2O3. The van der Waals surface area contributed by atoms with Gasteiger partial charge in [-0.05, 0) is 38.4 Å². The molecule has 3 rings (SSSR count). The molecule has 1 aromatic heterocycles. The zero-order chi connectivity index (χ0) is 14.8. The Bertz CT molecular complexity index is 499. The summed E-state index contributed by atoms with van der Waals surface area (Å²) in [7, 11) is 0. The van der Waals surface area contributed by atoms with Crippen molar-refractivity contribution in [3.8, 4) is 0 Å². The van der Waals surface area contributed by atoms with Crippen LogP contribution in [0.5, 0.6) is 0 Å². The van der Waals surface area contributed by atoms with Gasteiger partial charge in [0.1, 0.15) is 18.1 Å². The molecule has 0 radical (unpaired) electrons. The Morgan fingerprint density at radius 1 is 1.38 bits per heavy atom. The lowest BCUT2D eigenvalue weighted by molar-refractivity contribution is -0.142. The van der Waals surface area contributed by atoms with Gasteiger partial charge in [0.25, 0.3) is 0 Å². The maximum absolute atomic E-state index is 10.8. The number of ether oxygens (including phenoxy) is 1. The van der Waals surface area contributed by atoms with E-state index in [1.807, 2.05) is 12.1 Å². The number of esters is 1. The molecule has 5 nitrogen and oxygen atoms in total. The second-order valence-electron chi connectivity index (χ2n) is 6.22. The largest absolute Gasteiger partial charge is 0.461 e. The summed E-state index contributed by atoms with van der Waals surface area (Å²) < 4.78 is 10.7. The second kappa shape index (κ2) is 6.20. The summed E-state index contributed by atoms with van der Waals surface area (Å²) in [6.45, 7) is 8.31. The first-order chi connectivity index (χ1) is 10.1. The van der Waals surface area contributed by atoms with Gasteiger partial charge in [-0.15, -0.1) is 0 Å². The van der Waals surface area contributed by atoms with Crippen LogP contribution in [0.4, 0.5) is 0 Å². The topological polar surface area (TPSA) is 45.9 Å². The Hall–Kier alpha value is -1.33. The van der Waals surface area contributed by atoms with Crippen LogP contribution in [0, 0.1) is 0 Å². The van der Waals surface area contributed by atoms with Crippen LogP contribution in [-0.2, 0) is 22.7 Å². The highest BCUT2D eigenvalue weighted by atomic mass is 16.5. The molecule has 5 heteroatoms. The van der Waals surface area contributed by atoms with Crippen molar-refractivity contribution in [3.05, 3.63) is 23.7 Å². The summed E-state index contributed by atoms with van der Waals surface area (Å²) in [6, 6.07) is 5.17. The molecule has 0 aromatic carbocycles. The number of nitrogens with zero attached hydrogens (tertiary/aromatic N) is 2. The fourth-order valence-electron chi connectivity index (χ4n) is 3.43. The minimum Gasteiger partial charge on any atom is -0.461 e. The molecule has 21 heavy (non-hydrogen) atoms. The SMILES string of the molecule is CC(=O)OCc1ccc(CN2CC3CCCN3C[C@@H]2C)o1. The van der Waals surface area contributed by atoms with Gasteiger partial charge in [-0.2, -0.15) is 0 Å². The second-order valence-corrected chi connectivity index (χ2v) is 6.22. The number of hydrogen-bond donors (Lipinski definition) is 0. The number of piperazine rings is 1. The predicted molar refractivity (Wildman–Crippen MR) is 78.6 cm³/mol. The third kappa shape index (κ3) is 3.47. The molecule has 2 saturated heterocycles. The molecule has 0 bridgehead atoms. The highest BCUT2D eigenvalue weighted by Crippen LogP contribution is 2.26. The molecule has 3 heterocycles. The molecule has 116 valence electrons. The van der Waals surface area contributed by atoms with Gasteiger partial charge in [-0.3, -0.25) is 14.6 Å². The number of carbonyl (C=O) groups is 1. The van der Waals surface area contributed by atoms with Gasteiger partial charge in [0.2, 0.25) is 0 Å². The fraction of sp³-hybridized carbons (Fsp3) is 0.688. The van der Waals surface area contributed by atoms with E-state index < -0.39 is 0 Å². The maximum Gasteiger partial charge on any atom is 0.303 e. The Kier molecular flexibility index (Phi) is 4.31. The molecule has 0 spiro atoms. The van der Waals surface area contributed by atoms with Crippen LogP contribution < -0.4 is 0 Å². The predicted octanol–water partition coefficient (Wildman–Crippen LogP) is 2.01. The Morgan fingerprint density at radius 3 is 3.00 bits per heavy atom. The normalized spacial score (nSPS) is 26.8. The number of hydrogen-bond acceptors (Lipinski definition) is 5. The van der Waals surface area contributed by atoms with E-state index in [0.29, 0.717) is 11.8 Å². The van der Waals surface area contributed by atoms with Crippen molar-refractivity contribution >= 4 is 5.97 Å². The Labute approximate surface area is 125 Å². The van der Waals surface area contributed by atoms with Crippen molar-refractivity contribution in [1.82, 2.24) is 9.80 Å². The van der Waals surface area contributed by atoms with Crippen molar-refractivity contribution in [1.29, 1.82) is 0 Å². The minimum absolute atomic E-state index is 0.224. The zero-order valence-corrected chi connectivity index (χ0v) is 12.9. The Morgan fingerprint density at radius 2 is 2.19 bits per heavy atom. The van der Waals surface area contributed by atoms with E-state index in [0.717, 1.165) is 31.4 Å². The molecule has 2 aliphatic heterocycles. The van der Waals surface area contributed by atoms with Crippen LogP contribution >= 0.6 is 0 Å². The molecule has 0 N–H and O–H groups in total. The summed E-state index contributed by atoms with van der Waals surface area (Å²) in [5.74, 6) is 1.39. The molecule has 1 unspecified atom stereocenters. The molecule has 0 amide bonds. The molecule has 2 atom stereocenters. The number of carbonyl (C=O) groups excluding carboxylic acids is 1. The molecule has 2 fully saturated rings. The third-order valence-electron chi connectivity index (χ3n) is 4.56. The summed E-state index contributed by atoms with van der Waals surface area (Å²) in [6.07, 6.45) is 2.65. The van der Waals surface area contributed by atoms with Gasteiger partial charge in [0.15, 0.2) is 0 Å². The van der Waals surface area contributed by atoms with Crippen LogP contribution in [0.1, 0.15) is 38.2 Å². The summed E-state index contributed by atoms with van der Waals surface area (Å²) in [4.78, 5) is 15.9. The first-order valence-electron chi connectivity index (χ1n) is 7.81. The van der Waals surface area contributed by atoms with Gasteiger partial charge < -0.3 is 9.15 Å². The van der Waals surface area contributed by atoms with E-state index in [2.05, 4.69) is 16.7 Å². The average Bonchev–Trinajstić information content (AvgIpc) is 3.06. The molecule has 0 saturated carbocycles. The smallest absolute Gasteiger partial charge is 0.303 e. The van der Waals surface area contributed by atoms with Crippen LogP contribution in [0.3, 0.4) is 0 Å². The van der Waals surface area contributed by atoms with Crippen molar-refractivity contribution < 1.29 is 13.9 Å². The van der Waals surface area contributed by atoms with Crippen LogP contribution in [0.2, 0.25) is 0 Å². The van der Waals surface area contributed by atoms with Crippen LogP contribution in [0.15, 0.2) is 16.5 Å². The van der Waals surface area contributed by atoms with E-state index >= 15 is 0 Å². The molecule has 1 aromatic rings. The van der Waals surface area contributed by atoms with E-state index in [4.69, 9.17) is 9.15 Å². The molecular weight excluding hydrogens is 268 g/mol.